The number of hydrogen-bond acceptors (Lipinski definition) is 6. The van der Waals surface area contributed by atoms with E-state index in [1.165, 1.54) is 13.3 Å². The average Bonchev–Trinajstić information content (AvgIpc) is 2.85. The number of rotatable bonds is 5. The normalized spacial score (nSPS) is 26.5. The van der Waals surface area contributed by atoms with Crippen molar-refractivity contribution in [2.24, 2.45) is 0 Å². The van der Waals surface area contributed by atoms with Gasteiger partial charge in [0.25, 0.3) is 0 Å². The minimum Gasteiger partial charge on any atom is -0.387 e. The van der Waals surface area contributed by atoms with Gasteiger partial charge >= 0.3 is 5.69 Å². The van der Waals surface area contributed by atoms with Gasteiger partial charge in [-0.2, -0.15) is 4.98 Å². The first-order chi connectivity index (χ1) is 11.6. The molecule has 0 amide bonds. The molecule has 0 saturated carbocycles. The zero-order valence-corrected chi connectivity index (χ0v) is 13.0. The number of hydrogen-bond donors (Lipinski definition) is 2. The molecule has 0 aliphatic carbocycles. The van der Waals surface area contributed by atoms with Crippen molar-refractivity contribution < 1.29 is 19.0 Å². The van der Waals surface area contributed by atoms with Crippen LogP contribution in [0.3, 0.4) is 0 Å². The fourth-order valence-electron chi connectivity index (χ4n) is 2.57. The fraction of sp³-hybridized carbons (Fsp3) is 0.375. The summed E-state index contributed by atoms with van der Waals surface area (Å²) in [5, 5.41) is 12.8. The lowest BCUT2D eigenvalue weighted by Gasteiger charge is -2.16. The van der Waals surface area contributed by atoms with Crippen molar-refractivity contribution in [1.29, 1.82) is 0 Å². The number of methoxy groups -OCH3 is 1. The Labute approximate surface area is 137 Å². The molecule has 1 fully saturated rings. The van der Waals surface area contributed by atoms with Gasteiger partial charge < -0.3 is 19.9 Å². The van der Waals surface area contributed by atoms with Gasteiger partial charge in [-0.15, -0.1) is 0 Å². The monoisotopic (exact) mass is 335 g/mol. The van der Waals surface area contributed by atoms with Crippen LogP contribution in [0.25, 0.3) is 0 Å². The Kier molecular flexibility index (Phi) is 4.89. The SMILES string of the molecule is COC[C@H]1O[C@@H](n2ccc(Nc3ccccc3)nc2=O)C(F)[C@H]1O. The summed E-state index contributed by atoms with van der Waals surface area (Å²) in [6.45, 7) is 0.0356. The van der Waals surface area contributed by atoms with Crippen LogP contribution >= 0.6 is 0 Å². The lowest BCUT2D eigenvalue weighted by molar-refractivity contribution is -0.0571. The van der Waals surface area contributed by atoms with E-state index in [0.717, 1.165) is 10.3 Å². The van der Waals surface area contributed by atoms with E-state index >= 15 is 0 Å². The minimum absolute atomic E-state index is 0.0356. The zero-order chi connectivity index (χ0) is 17.1. The van der Waals surface area contributed by atoms with Crippen LogP contribution in [0.5, 0.6) is 0 Å². The molecule has 1 aromatic carbocycles. The van der Waals surface area contributed by atoms with Crippen LogP contribution in [0, 0.1) is 0 Å². The van der Waals surface area contributed by atoms with Gasteiger partial charge in [-0.1, -0.05) is 18.2 Å². The highest BCUT2D eigenvalue weighted by atomic mass is 19.1. The number of anilines is 2. The highest BCUT2D eigenvalue weighted by molar-refractivity contribution is 5.54. The third-order valence-electron chi connectivity index (χ3n) is 3.78. The number of aromatic nitrogens is 2. The maximum absolute atomic E-state index is 14.2. The quantitative estimate of drug-likeness (QED) is 0.855. The summed E-state index contributed by atoms with van der Waals surface area (Å²) in [6, 6.07) is 10.8. The first kappa shape index (κ1) is 16.6. The van der Waals surface area contributed by atoms with Crippen molar-refractivity contribution >= 4 is 11.5 Å². The number of aliphatic hydroxyl groups excluding tert-OH is 1. The van der Waals surface area contributed by atoms with E-state index < -0.39 is 30.3 Å². The van der Waals surface area contributed by atoms with E-state index in [9.17, 15) is 14.3 Å². The van der Waals surface area contributed by atoms with Crippen LogP contribution in [0.2, 0.25) is 0 Å². The molecule has 0 radical (unpaired) electrons. The number of ether oxygens (including phenoxy) is 2. The van der Waals surface area contributed by atoms with Crippen LogP contribution in [0.1, 0.15) is 6.23 Å². The van der Waals surface area contributed by atoms with Gasteiger partial charge in [-0.05, 0) is 18.2 Å². The standard InChI is InChI=1S/C16H18FN3O4/c1-23-9-11-14(21)13(17)15(24-11)20-8-7-12(19-16(20)22)18-10-5-3-2-4-6-10/h2-8,11,13-15,21H,9H2,1H3,(H,18,19,22)/t11-,13?,14+,15-/m1/s1. The van der Waals surface area contributed by atoms with Crippen molar-refractivity contribution in [2.45, 2.75) is 24.6 Å². The first-order valence-electron chi connectivity index (χ1n) is 7.48. The molecule has 1 saturated heterocycles. The third-order valence-corrected chi connectivity index (χ3v) is 3.78. The molecule has 7 nitrogen and oxygen atoms in total. The molecule has 0 spiro atoms. The summed E-state index contributed by atoms with van der Waals surface area (Å²) < 4.78 is 25.5. The number of nitrogens with zero attached hydrogens (tertiary/aromatic N) is 2. The van der Waals surface area contributed by atoms with Gasteiger partial charge in [-0.25, -0.2) is 9.18 Å². The second-order valence-electron chi connectivity index (χ2n) is 5.45. The molecule has 4 atom stereocenters. The van der Waals surface area contributed by atoms with E-state index in [1.54, 1.807) is 6.07 Å². The van der Waals surface area contributed by atoms with E-state index in [2.05, 4.69) is 10.3 Å². The van der Waals surface area contributed by atoms with Gasteiger partial charge in [0.2, 0.25) is 0 Å². The highest BCUT2D eigenvalue weighted by Crippen LogP contribution is 2.31. The molecule has 2 N–H and O–H groups in total. The Balaban J connectivity index is 1.79. The van der Waals surface area contributed by atoms with Crippen LogP contribution in [0.4, 0.5) is 15.9 Å². The van der Waals surface area contributed by atoms with Crippen molar-refractivity contribution in [3.05, 3.63) is 53.1 Å². The molecular formula is C16H18FN3O4. The molecule has 1 aliphatic heterocycles. The van der Waals surface area contributed by atoms with Crippen LogP contribution < -0.4 is 11.0 Å². The lowest BCUT2D eigenvalue weighted by Crippen LogP contribution is -2.33. The number of alkyl halides is 1. The molecule has 2 heterocycles. The third kappa shape index (κ3) is 3.30. The molecule has 0 bridgehead atoms. The fourth-order valence-corrected chi connectivity index (χ4v) is 2.57. The second-order valence-corrected chi connectivity index (χ2v) is 5.45. The zero-order valence-electron chi connectivity index (χ0n) is 13.0. The van der Waals surface area contributed by atoms with Gasteiger partial charge in [0, 0.05) is 19.0 Å². The number of nitrogens with one attached hydrogen (secondary N) is 1. The van der Waals surface area contributed by atoms with E-state index in [0.29, 0.717) is 5.82 Å². The maximum atomic E-state index is 14.2. The largest absolute Gasteiger partial charge is 0.387 e. The summed E-state index contributed by atoms with van der Waals surface area (Å²) in [5.74, 6) is 0.338. The summed E-state index contributed by atoms with van der Waals surface area (Å²) in [4.78, 5) is 16.1. The van der Waals surface area contributed by atoms with Crippen molar-refractivity contribution in [3.63, 3.8) is 0 Å². The van der Waals surface area contributed by atoms with E-state index in [4.69, 9.17) is 9.47 Å². The van der Waals surface area contributed by atoms with Crippen LogP contribution in [0.15, 0.2) is 47.4 Å². The van der Waals surface area contributed by atoms with Gasteiger partial charge in [-0.3, -0.25) is 4.57 Å². The van der Waals surface area contributed by atoms with E-state index in [-0.39, 0.29) is 6.61 Å². The molecule has 2 aromatic rings. The molecule has 1 unspecified atom stereocenters. The Morgan fingerprint density at radius 2 is 2.12 bits per heavy atom. The molecule has 24 heavy (non-hydrogen) atoms. The molecule has 128 valence electrons. The van der Waals surface area contributed by atoms with Gasteiger partial charge in [0.05, 0.1) is 6.61 Å². The lowest BCUT2D eigenvalue weighted by atomic mass is 10.1. The Morgan fingerprint density at radius 1 is 1.38 bits per heavy atom. The van der Waals surface area contributed by atoms with Gasteiger partial charge in [0.1, 0.15) is 18.0 Å². The highest BCUT2D eigenvalue weighted by Gasteiger charge is 2.45. The summed E-state index contributed by atoms with van der Waals surface area (Å²) in [5.41, 5.74) is 0.104. The van der Waals surface area contributed by atoms with E-state index in [1.807, 2.05) is 30.3 Å². The summed E-state index contributed by atoms with van der Waals surface area (Å²) in [6.07, 6.45) is -3.77. The number of benzene rings is 1. The summed E-state index contributed by atoms with van der Waals surface area (Å²) >= 11 is 0. The van der Waals surface area contributed by atoms with Gasteiger partial charge in [0.15, 0.2) is 12.4 Å². The second kappa shape index (κ2) is 7.08. The van der Waals surface area contributed by atoms with Crippen LogP contribution in [-0.4, -0.2) is 46.8 Å². The first-order valence-corrected chi connectivity index (χ1v) is 7.48. The molecular weight excluding hydrogens is 317 g/mol. The molecule has 8 heteroatoms. The number of para-hydroxylation sites is 1. The Bertz CT molecular complexity index is 740. The number of halogens is 1. The van der Waals surface area contributed by atoms with Crippen molar-refractivity contribution in [3.8, 4) is 0 Å². The molecule has 1 aliphatic rings. The predicted molar refractivity (Wildman–Crippen MR) is 84.9 cm³/mol. The summed E-state index contributed by atoms with van der Waals surface area (Å²) in [7, 11) is 1.43. The Morgan fingerprint density at radius 3 is 2.79 bits per heavy atom. The van der Waals surface area contributed by atoms with Crippen LogP contribution in [-0.2, 0) is 9.47 Å². The Hall–Kier alpha value is -2.29. The van der Waals surface area contributed by atoms with Crippen molar-refractivity contribution in [2.75, 3.05) is 19.0 Å². The molecule has 3 rings (SSSR count). The average molecular weight is 335 g/mol. The predicted octanol–water partition coefficient (Wildman–Crippen LogP) is 1.23. The van der Waals surface area contributed by atoms with Crippen molar-refractivity contribution in [1.82, 2.24) is 9.55 Å². The smallest absolute Gasteiger partial charge is 0.351 e. The topological polar surface area (TPSA) is 85.6 Å². The number of aliphatic hydroxyl groups is 1. The maximum Gasteiger partial charge on any atom is 0.351 e. The minimum atomic E-state index is -1.74. The molecule has 1 aromatic heterocycles.